The first-order chi connectivity index (χ1) is 21.7. The summed E-state index contributed by atoms with van der Waals surface area (Å²) in [5.74, 6) is 1.03. The van der Waals surface area contributed by atoms with E-state index in [-0.39, 0.29) is 24.3 Å². The summed E-state index contributed by atoms with van der Waals surface area (Å²) in [6.07, 6.45) is 1.70. The molecule has 1 aliphatic heterocycles. The van der Waals surface area contributed by atoms with Crippen molar-refractivity contribution in [2.45, 2.75) is 26.5 Å². The van der Waals surface area contributed by atoms with Gasteiger partial charge in [-0.2, -0.15) is 0 Å². The number of esters is 1. The van der Waals surface area contributed by atoms with Gasteiger partial charge in [-0.3, -0.25) is 9.36 Å². The second kappa shape index (κ2) is 13.8. The monoisotopic (exact) mass is 668 g/mol. The van der Waals surface area contributed by atoms with Gasteiger partial charge in [0.25, 0.3) is 5.56 Å². The third-order valence-electron chi connectivity index (χ3n) is 7.12. The van der Waals surface area contributed by atoms with Crippen LogP contribution in [-0.2, 0) is 16.1 Å². The number of carbonyl (C=O) groups is 1. The smallest absolute Gasteiger partial charge is 0.338 e. The van der Waals surface area contributed by atoms with Crippen molar-refractivity contribution in [3.05, 3.63) is 112 Å². The maximum Gasteiger partial charge on any atom is 0.338 e. The Morgan fingerprint density at radius 3 is 2.36 bits per heavy atom. The fraction of sp³-hybridized carbons (Fsp3) is 0.242. The van der Waals surface area contributed by atoms with Crippen LogP contribution < -0.4 is 33.8 Å². The maximum atomic E-state index is 14.2. The third kappa shape index (κ3) is 6.45. The number of nitrogens with zero attached hydrogens (tertiary/aromatic N) is 2. The molecule has 0 unspecified atom stereocenters. The van der Waals surface area contributed by atoms with Crippen molar-refractivity contribution < 1.29 is 28.5 Å². The van der Waals surface area contributed by atoms with Gasteiger partial charge in [0, 0.05) is 21.2 Å². The molecule has 0 aliphatic carbocycles. The van der Waals surface area contributed by atoms with Crippen molar-refractivity contribution in [2.75, 3.05) is 27.9 Å². The van der Waals surface area contributed by atoms with Crippen molar-refractivity contribution in [2.24, 2.45) is 4.99 Å². The number of rotatable bonds is 10. The average Bonchev–Trinajstić information content (AvgIpc) is 3.33. The summed E-state index contributed by atoms with van der Waals surface area (Å²) in [6.45, 7) is 3.79. The van der Waals surface area contributed by atoms with E-state index in [1.165, 1.54) is 37.2 Å². The number of methoxy groups -OCH3 is 3. The van der Waals surface area contributed by atoms with E-state index < -0.39 is 12.0 Å². The van der Waals surface area contributed by atoms with Crippen LogP contribution in [-0.4, -0.2) is 38.5 Å². The average molecular weight is 670 g/mol. The van der Waals surface area contributed by atoms with Gasteiger partial charge in [0.1, 0.15) is 12.4 Å². The molecule has 45 heavy (non-hydrogen) atoms. The van der Waals surface area contributed by atoms with E-state index in [4.69, 9.17) is 46.9 Å². The Kier molecular flexibility index (Phi) is 9.86. The zero-order valence-corrected chi connectivity index (χ0v) is 27.5. The molecule has 0 saturated carbocycles. The predicted octanol–water partition coefficient (Wildman–Crippen LogP) is 5.71. The Morgan fingerprint density at radius 1 is 1.00 bits per heavy atom. The second-order valence-electron chi connectivity index (χ2n) is 9.82. The van der Waals surface area contributed by atoms with Crippen molar-refractivity contribution in [1.29, 1.82) is 0 Å². The molecule has 0 saturated heterocycles. The highest BCUT2D eigenvalue weighted by Crippen LogP contribution is 2.42. The molecular weight excluding hydrogens is 639 g/mol. The third-order valence-corrected chi connectivity index (χ3v) is 8.71. The minimum atomic E-state index is -0.897. The van der Waals surface area contributed by atoms with Crippen molar-refractivity contribution >= 4 is 46.6 Å². The molecule has 234 valence electrons. The van der Waals surface area contributed by atoms with Crippen LogP contribution in [0.2, 0.25) is 10.0 Å². The summed E-state index contributed by atoms with van der Waals surface area (Å²) in [4.78, 5) is 32.6. The number of hydrogen-bond acceptors (Lipinski definition) is 9. The molecule has 1 aromatic heterocycles. The highest BCUT2D eigenvalue weighted by molar-refractivity contribution is 7.07. The van der Waals surface area contributed by atoms with E-state index in [9.17, 15) is 9.59 Å². The van der Waals surface area contributed by atoms with Crippen molar-refractivity contribution in [1.82, 2.24) is 4.57 Å². The number of allylic oxidation sites excluding steroid dienone is 1. The van der Waals surface area contributed by atoms with Gasteiger partial charge in [-0.25, -0.2) is 9.79 Å². The fourth-order valence-electron chi connectivity index (χ4n) is 5.04. The van der Waals surface area contributed by atoms with E-state index in [1.54, 1.807) is 56.3 Å². The van der Waals surface area contributed by atoms with Crippen LogP contribution in [0.1, 0.15) is 36.6 Å². The summed E-state index contributed by atoms with van der Waals surface area (Å²) < 4.78 is 30.0. The van der Waals surface area contributed by atoms with Gasteiger partial charge in [0.05, 0.1) is 49.8 Å². The lowest BCUT2D eigenvalue weighted by atomic mass is 9.95. The van der Waals surface area contributed by atoms with Crippen LogP contribution in [0.4, 0.5) is 0 Å². The molecule has 5 rings (SSSR count). The molecule has 12 heteroatoms. The minimum Gasteiger partial charge on any atom is -0.493 e. The zero-order valence-electron chi connectivity index (χ0n) is 25.2. The van der Waals surface area contributed by atoms with E-state index in [2.05, 4.69) is 4.99 Å². The van der Waals surface area contributed by atoms with Crippen molar-refractivity contribution in [3.63, 3.8) is 0 Å². The molecule has 0 fully saturated rings. The Morgan fingerprint density at radius 2 is 1.71 bits per heavy atom. The molecule has 0 N–H and O–H groups in total. The van der Waals surface area contributed by atoms with Crippen LogP contribution >= 0.6 is 34.5 Å². The van der Waals surface area contributed by atoms with Gasteiger partial charge < -0.3 is 23.7 Å². The van der Waals surface area contributed by atoms with Crippen LogP contribution in [0.5, 0.6) is 23.0 Å². The van der Waals surface area contributed by atoms with Crippen LogP contribution in [0.25, 0.3) is 6.08 Å². The topological polar surface area (TPSA) is 97.6 Å². The van der Waals surface area contributed by atoms with E-state index >= 15 is 0 Å². The highest BCUT2D eigenvalue weighted by Gasteiger charge is 2.34. The lowest BCUT2D eigenvalue weighted by Crippen LogP contribution is -2.40. The summed E-state index contributed by atoms with van der Waals surface area (Å²) in [5, 5.41) is 1.05. The van der Waals surface area contributed by atoms with Gasteiger partial charge in [-0.15, -0.1) is 0 Å². The van der Waals surface area contributed by atoms with Gasteiger partial charge in [-0.05, 0) is 61.9 Å². The summed E-state index contributed by atoms with van der Waals surface area (Å²) in [6, 6.07) is 15.1. The summed E-state index contributed by atoms with van der Waals surface area (Å²) in [5.41, 5.74) is 2.21. The number of thiazole rings is 1. The maximum absolute atomic E-state index is 14.2. The molecule has 0 bridgehead atoms. The largest absolute Gasteiger partial charge is 0.493 e. The molecule has 0 spiro atoms. The lowest BCUT2D eigenvalue weighted by molar-refractivity contribution is -0.139. The molecule has 2 heterocycles. The van der Waals surface area contributed by atoms with Gasteiger partial charge >= 0.3 is 5.97 Å². The Labute approximate surface area is 273 Å². The van der Waals surface area contributed by atoms with Crippen LogP contribution in [0.15, 0.2) is 75.7 Å². The number of halogens is 2. The van der Waals surface area contributed by atoms with E-state index in [0.717, 1.165) is 5.56 Å². The van der Waals surface area contributed by atoms with E-state index in [0.29, 0.717) is 59.2 Å². The van der Waals surface area contributed by atoms with Gasteiger partial charge in [-0.1, -0.05) is 52.7 Å². The predicted molar refractivity (Wildman–Crippen MR) is 174 cm³/mol. The molecule has 0 radical (unpaired) electrons. The highest BCUT2D eigenvalue weighted by atomic mass is 35.5. The Hall–Kier alpha value is -4.25. The van der Waals surface area contributed by atoms with Crippen LogP contribution in [0.3, 0.4) is 0 Å². The molecule has 3 aromatic carbocycles. The number of aromatic nitrogens is 1. The van der Waals surface area contributed by atoms with Crippen molar-refractivity contribution in [3.8, 4) is 23.0 Å². The van der Waals surface area contributed by atoms with E-state index in [1.807, 2.05) is 18.2 Å². The van der Waals surface area contributed by atoms with Crippen LogP contribution in [0, 0.1) is 0 Å². The normalized spacial score (nSPS) is 14.5. The first-order valence-electron chi connectivity index (χ1n) is 13.9. The second-order valence-corrected chi connectivity index (χ2v) is 11.7. The molecule has 0 amide bonds. The SMILES string of the molecule is CCOC(=O)C1=C(C)N=c2s/c(=C\c3cc(Cl)ccc3OCc3ccccc3Cl)c(=O)n2[C@@H]1c1cc(OC)c(OC)c(OC)c1. The molecule has 1 atom stereocenters. The van der Waals surface area contributed by atoms with Gasteiger partial charge in [0.15, 0.2) is 16.3 Å². The molecule has 1 aliphatic rings. The zero-order chi connectivity index (χ0) is 32.2. The number of fused-ring (bicyclic) bond motifs is 1. The lowest BCUT2D eigenvalue weighted by Gasteiger charge is -2.26. The quantitative estimate of drug-likeness (QED) is 0.200. The fourth-order valence-corrected chi connectivity index (χ4v) is 6.45. The summed E-state index contributed by atoms with van der Waals surface area (Å²) >= 11 is 13.9. The first kappa shape index (κ1) is 32.2. The molecule has 4 aromatic rings. The number of ether oxygens (including phenoxy) is 5. The minimum absolute atomic E-state index is 0.147. The van der Waals surface area contributed by atoms with Gasteiger partial charge in [0.2, 0.25) is 5.75 Å². The standard InChI is InChI=1S/C33H30Cl2N2O7S/c1-6-43-32(39)28-18(2)36-33-37(29(28)21-14-25(40-3)30(42-5)26(15-21)41-4)31(38)27(45-33)16-20-13-22(34)11-12-24(20)44-17-19-9-7-8-10-23(19)35/h7-16,29H,6,17H2,1-5H3/b27-16-/t29-/m1/s1. The molecule has 9 nitrogen and oxygen atoms in total. The first-order valence-corrected chi connectivity index (χ1v) is 15.4. The Bertz CT molecular complexity index is 1960. The molecular formula is C33H30Cl2N2O7S. The summed E-state index contributed by atoms with van der Waals surface area (Å²) in [7, 11) is 4.49. The Balaban J connectivity index is 1.68. The number of benzene rings is 3. The number of hydrogen-bond donors (Lipinski definition) is 0. The number of carbonyl (C=O) groups excluding carboxylic acids is 1.